The summed E-state index contributed by atoms with van der Waals surface area (Å²) < 4.78 is 27.0. The summed E-state index contributed by atoms with van der Waals surface area (Å²) in [5.74, 6) is 0.533. The van der Waals surface area contributed by atoms with Crippen LogP contribution in [0.15, 0.2) is 48.8 Å². The van der Waals surface area contributed by atoms with Crippen LogP contribution < -0.4 is 5.32 Å². The summed E-state index contributed by atoms with van der Waals surface area (Å²) in [4.78, 5) is 30.6. The largest absolute Gasteiger partial charge is 0.352 e. The maximum atomic E-state index is 13.5. The SMILES string of the molecule is CC(=O)Nc1cc(-c2[nH]c3c(C4CCN(C)CC4)ccnc3c2-c2cccc(C(F)F)n2)ccn1. The predicted octanol–water partition coefficient (Wildman–Crippen LogP) is 5.39. The number of hydrogen-bond donors (Lipinski definition) is 2. The first-order valence-electron chi connectivity index (χ1n) is 11.6. The van der Waals surface area contributed by atoms with Gasteiger partial charge in [0.2, 0.25) is 5.91 Å². The summed E-state index contributed by atoms with van der Waals surface area (Å²) in [5.41, 5.74) is 4.95. The molecule has 0 radical (unpaired) electrons. The number of halogens is 2. The number of nitrogens with one attached hydrogen (secondary N) is 2. The van der Waals surface area contributed by atoms with Crippen molar-refractivity contribution in [1.29, 1.82) is 0 Å². The second-order valence-corrected chi connectivity index (χ2v) is 8.94. The van der Waals surface area contributed by atoms with E-state index in [9.17, 15) is 13.6 Å². The van der Waals surface area contributed by atoms with E-state index in [-0.39, 0.29) is 11.6 Å². The van der Waals surface area contributed by atoms with Gasteiger partial charge in [-0.2, -0.15) is 0 Å². The molecular formula is C26H26F2N6O. The lowest BCUT2D eigenvalue weighted by molar-refractivity contribution is -0.114. The normalized spacial score (nSPS) is 15.1. The van der Waals surface area contributed by atoms with Crippen LogP contribution in [0.25, 0.3) is 33.5 Å². The molecule has 1 aliphatic heterocycles. The molecule has 0 aromatic carbocycles. The molecule has 5 rings (SSSR count). The zero-order chi connectivity index (χ0) is 24.5. The fourth-order valence-corrected chi connectivity index (χ4v) is 4.78. The monoisotopic (exact) mass is 476 g/mol. The second kappa shape index (κ2) is 9.50. The third-order valence-electron chi connectivity index (χ3n) is 6.48. The lowest BCUT2D eigenvalue weighted by Gasteiger charge is -2.29. The Morgan fingerprint density at radius 2 is 1.91 bits per heavy atom. The first kappa shape index (κ1) is 23.0. The Hall–Kier alpha value is -3.72. The molecule has 1 aliphatic rings. The number of hydrogen-bond acceptors (Lipinski definition) is 5. The third kappa shape index (κ3) is 4.64. The third-order valence-corrected chi connectivity index (χ3v) is 6.48. The van der Waals surface area contributed by atoms with Gasteiger partial charge in [-0.05, 0) is 74.8 Å². The van der Waals surface area contributed by atoms with E-state index < -0.39 is 6.43 Å². The molecule has 0 spiro atoms. The van der Waals surface area contributed by atoms with Crippen LogP contribution in [0.2, 0.25) is 0 Å². The number of aromatic amines is 1. The zero-order valence-electron chi connectivity index (χ0n) is 19.6. The molecule has 0 unspecified atom stereocenters. The van der Waals surface area contributed by atoms with Gasteiger partial charge in [-0.3, -0.25) is 9.78 Å². The number of carbonyl (C=O) groups excluding carboxylic acids is 1. The first-order chi connectivity index (χ1) is 16.9. The van der Waals surface area contributed by atoms with Crippen molar-refractivity contribution in [3.8, 4) is 22.5 Å². The molecular weight excluding hydrogens is 450 g/mol. The lowest BCUT2D eigenvalue weighted by atomic mass is 9.89. The summed E-state index contributed by atoms with van der Waals surface area (Å²) in [5, 5.41) is 2.70. The number of rotatable bonds is 5. The minimum absolute atomic E-state index is 0.232. The van der Waals surface area contributed by atoms with Crippen molar-refractivity contribution in [2.24, 2.45) is 0 Å². The van der Waals surface area contributed by atoms with Crippen LogP contribution >= 0.6 is 0 Å². The zero-order valence-corrected chi connectivity index (χ0v) is 19.6. The fraction of sp³-hybridized carbons (Fsp3) is 0.308. The molecule has 0 aliphatic carbocycles. The van der Waals surface area contributed by atoms with Gasteiger partial charge < -0.3 is 15.2 Å². The maximum absolute atomic E-state index is 13.5. The minimum atomic E-state index is -2.68. The highest BCUT2D eigenvalue weighted by Gasteiger charge is 2.25. The molecule has 0 bridgehead atoms. The summed E-state index contributed by atoms with van der Waals surface area (Å²) in [6.07, 6.45) is 2.76. The Labute approximate surface area is 201 Å². The molecule has 4 aromatic rings. The van der Waals surface area contributed by atoms with E-state index in [1.54, 1.807) is 30.6 Å². The number of piperidine rings is 1. The number of pyridine rings is 3. The van der Waals surface area contributed by atoms with Gasteiger partial charge in [-0.1, -0.05) is 6.07 Å². The van der Waals surface area contributed by atoms with Crippen molar-refractivity contribution in [1.82, 2.24) is 24.8 Å². The molecule has 5 heterocycles. The van der Waals surface area contributed by atoms with E-state index in [4.69, 9.17) is 0 Å². The van der Waals surface area contributed by atoms with E-state index in [2.05, 4.69) is 37.2 Å². The molecule has 4 aromatic heterocycles. The van der Waals surface area contributed by atoms with Crippen LogP contribution in [-0.4, -0.2) is 50.9 Å². The van der Waals surface area contributed by atoms with Crippen molar-refractivity contribution in [3.63, 3.8) is 0 Å². The Morgan fingerprint density at radius 1 is 1.14 bits per heavy atom. The van der Waals surface area contributed by atoms with Gasteiger partial charge in [0.05, 0.1) is 28.0 Å². The fourth-order valence-electron chi connectivity index (χ4n) is 4.78. The highest BCUT2D eigenvalue weighted by Crippen LogP contribution is 2.41. The minimum Gasteiger partial charge on any atom is -0.352 e. The smallest absolute Gasteiger partial charge is 0.280 e. The standard InChI is InChI=1S/C26H26F2N6O/c1-15(35)31-21-14-17(6-10-29-21)23-22(19-4-3-5-20(32-19)26(27)28)25-24(33-23)18(7-11-30-25)16-8-12-34(2)13-9-16/h3-7,10-11,14,16,26,33H,8-9,12-13H2,1-2H3,(H,29,31,35). The van der Waals surface area contributed by atoms with Crippen LogP contribution in [0.5, 0.6) is 0 Å². The Morgan fingerprint density at radius 3 is 2.66 bits per heavy atom. The van der Waals surface area contributed by atoms with Crippen molar-refractivity contribution >= 4 is 22.8 Å². The Balaban J connectivity index is 1.72. The number of anilines is 1. The second-order valence-electron chi connectivity index (χ2n) is 8.94. The molecule has 180 valence electrons. The molecule has 7 nitrogen and oxygen atoms in total. The first-order valence-corrected chi connectivity index (χ1v) is 11.6. The van der Waals surface area contributed by atoms with Crippen molar-refractivity contribution in [2.75, 3.05) is 25.5 Å². The molecule has 1 amide bonds. The van der Waals surface area contributed by atoms with Gasteiger partial charge in [0, 0.05) is 24.9 Å². The Kier molecular flexibility index (Phi) is 6.25. The highest BCUT2D eigenvalue weighted by atomic mass is 19.3. The van der Waals surface area contributed by atoms with E-state index in [1.165, 1.54) is 13.0 Å². The van der Waals surface area contributed by atoms with Crippen LogP contribution in [0.4, 0.5) is 14.6 Å². The van der Waals surface area contributed by atoms with Crippen molar-refractivity contribution < 1.29 is 13.6 Å². The van der Waals surface area contributed by atoms with Crippen LogP contribution in [0, 0.1) is 0 Å². The number of carbonyl (C=O) groups is 1. The number of H-pyrrole nitrogens is 1. The molecule has 1 saturated heterocycles. The van der Waals surface area contributed by atoms with Crippen LogP contribution in [-0.2, 0) is 4.79 Å². The average molecular weight is 477 g/mol. The van der Waals surface area contributed by atoms with Gasteiger partial charge in [0.15, 0.2) is 0 Å². The summed E-state index contributed by atoms with van der Waals surface area (Å²) in [6.45, 7) is 3.44. The number of aromatic nitrogens is 4. The van der Waals surface area contributed by atoms with Crippen molar-refractivity contribution in [2.45, 2.75) is 32.1 Å². The van der Waals surface area contributed by atoms with Gasteiger partial charge in [-0.25, -0.2) is 18.7 Å². The van der Waals surface area contributed by atoms with Crippen LogP contribution in [0.3, 0.4) is 0 Å². The highest BCUT2D eigenvalue weighted by molar-refractivity contribution is 6.02. The quantitative estimate of drug-likeness (QED) is 0.403. The number of alkyl halides is 2. The number of nitrogens with zero attached hydrogens (tertiary/aromatic N) is 4. The van der Waals surface area contributed by atoms with E-state index in [1.807, 2.05) is 12.1 Å². The summed E-state index contributed by atoms with van der Waals surface area (Å²) in [6, 6.07) is 10.2. The average Bonchev–Trinajstić information content (AvgIpc) is 3.24. The number of amides is 1. The van der Waals surface area contributed by atoms with Gasteiger partial charge in [0.1, 0.15) is 11.5 Å². The van der Waals surface area contributed by atoms with E-state index in [0.29, 0.717) is 34.2 Å². The number of likely N-dealkylation sites (tertiary alicyclic amines) is 1. The van der Waals surface area contributed by atoms with Gasteiger partial charge in [0.25, 0.3) is 6.43 Å². The summed E-state index contributed by atoms with van der Waals surface area (Å²) >= 11 is 0. The molecule has 9 heteroatoms. The molecule has 35 heavy (non-hydrogen) atoms. The molecule has 0 atom stereocenters. The Bertz CT molecular complexity index is 1380. The lowest BCUT2D eigenvalue weighted by Crippen LogP contribution is -2.29. The van der Waals surface area contributed by atoms with E-state index >= 15 is 0 Å². The van der Waals surface area contributed by atoms with Crippen molar-refractivity contribution in [3.05, 3.63) is 60.0 Å². The molecule has 2 N–H and O–H groups in total. The number of fused-ring (bicyclic) bond motifs is 1. The molecule has 1 fully saturated rings. The van der Waals surface area contributed by atoms with Gasteiger partial charge >= 0.3 is 0 Å². The van der Waals surface area contributed by atoms with E-state index in [0.717, 1.165) is 42.6 Å². The van der Waals surface area contributed by atoms with Crippen LogP contribution in [0.1, 0.15) is 43.4 Å². The van der Waals surface area contributed by atoms with Gasteiger partial charge in [-0.15, -0.1) is 0 Å². The topological polar surface area (TPSA) is 86.8 Å². The molecule has 0 saturated carbocycles. The maximum Gasteiger partial charge on any atom is 0.280 e. The predicted molar refractivity (Wildman–Crippen MR) is 131 cm³/mol. The summed E-state index contributed by atoms with van der Waals surface area (Å²) in [7, 11) is 2.13.